The number of hydrogen-bond donors (Lipinski definition) is 2. The number of benzene rings is 1. The number of halogens is 2. The smallest absolute Gasteiger partial charge is 0.387 e. The van der Waals surface area contributed by atoms with Gasteiger partial charge in [-0.3, -0.25) is 14.4 Å². The van der Waals surface area contributed by atoms with Gasteiger partial charge in [-0.1, -0.05) is 12.1 Å². The Labute approximate surface area is 186 Å². The maximum Gasteiger partial charge on any atom is 0.387 e. The summed E-state index contributed by atoms with van der Waals surface area (Å²) in [5.74, 6) is 0.213. The van der Waals surface area contributed by atoms with Crippen LogP contribution in [0.15, 0.2) is 30.5 Å². The lowest BCUT2D eigenvalue weighted by molar-refractivity contribution is -0.135. The number of ether oxygens (including phenoxy) is 1. The second-order valence-corrected chi connectivity index (χ2v) is 8.27. The van der Waals surface area contributed by atoms with E-state index < -0.39 is 6.61 Å². The molecule has 8 nitrogen and oxygen atoms in total. The minimum Gasteiger partial charge on any atom is -0.435 e. The van der Waals surface area contributed by atoms with Crippen molar-refractivity contribution in [2.24, 2.45) is 0 Å². The molecule has 4 rings (SSSR count). The van der Waals surface area contributed by atoms with Gasteiger partial charge in [0.15, 0.2) is 0 Å². The summed E-state index contributed by atoms with van der Waals surface area (Å²) in [6.45, 7) is 6.04. The van der Waals surface area contributed by atoms with E-state index in [0.29, 0.717) is 19.5 Å². The summed E-state index contributed by atoms with van der Waals surface area (Å²) in [7, 11) is 0. The van der Waals surface area contributed by atoms with Crippen molar-refractivity contribution in [1.82, 2.24) is 30.4 Å². The van der Waals surface area contributed by atoms with E-state index in [1.807, 2.05) is 16.5 Å². The second-order valence-electron chi connectivity index (χ2n) is 8.27. The zero-order valence-corrected chi connectivity index (χ0v) is 18.4. The zero-order valence-electron chi connectivity index (χ0n) is 18.4. The van der Waals surface area contributed by atoms with E-state index in [0.717, 1.165) is 37.4 Å². The second kappa shape index (κ2) is 9.93. The highest BCUT2D eigenvalue weighted by molar-refractivity contribution is 5.82. The molecule has 1 amide bonds. The molecule has 2 atom stereocenters. The molecule has 3 heterocycles. The largest absolute Gasteiger partial charge is 0.435 e. The van der Waals surface area contributed by atoms with Crippen LogP contribution in [0.3, 0.4) is 0 Å². The van der Waals surface area contributed by atoms with Crippen LogP contribution in [0.4, 0.5) is 8.78 Å². The van der Waals surface area contributed by atoms with Crippen molar-refractivity contribution in [2.45, 2.75) is 52.1 Å². The van der Waals surface area contributed by atoms with Crippen molar-refractivity contribution in [3.05, 3.63) is 47.3 Å². The van der Waals surface area contributed by atoms with E-state index in [-0.39, 0.29) is 23.7 Å². The number of rotatable bonds is 7. The van der Waals surface area contributed by atoms with Crippen LogP contribution in [0.2, 0.25) is 0 Å². The lowest BCUT2D eigenvalue weighted by Crippen LogP contribution is -2.53. The van der Waals surface area contributed by atoms with Crippen molar-refractivity contribution in [3.63, 3.8) is 0 Å². The molecule has 0 saturated carbocycles. The van der Waals surface area contributed by atoms with E-state index in [4.69, 9.17) is 0 Å². The number of nitrogens with zero attached hydrogens (tertiary/aromatic N) is 4. The zero-order chi connectivity index (χ0) is 22.7. The fraction of sp³-hybridized carbons (Fsp3) is 0.545. The van der Waals surface area contributed by atoms with Gasteiger partial charge in [0.25, 0.3) is 0 Å². The average Bonchev–Trinajstić information content (AvgIpc) is 3.41. The van der Waals surface area contributed by atoms with Crippen LogP contribution in [0.5, 0.6) is 5.75 Å². The molecule has 2 fully saturated rings. The molecule has 2 saturated heterocycles. The van der Waals surface area contributed by atoms with E-state index in [1.165, 1.54) is 17.7 Å². The molecule has 174 valence electrons. The average molecular weight is 449 g/mol. The lowest BCUT2D eigenvalue weighted by atomic mass is 10.0. The van der Waals surface area contributed by atoms with Gasteiger partial charge in [-0.2, -0.15) is 13.9 Å². The third kappa shape index (κ3) is 5.25. The first-order valence-corrected chi connectivity index (χ1v) is 11.0. The van der Waals surface area contributed by atoms with Crippen LogP contribution >= 0.6 is 0 Å². The molecule has 1 aromatic carbocycles. The molecular weight excluding hydrogens is 418 g/mol. The Morgan fingerprint density at radius 3 is 2.53 bits per heavy atom. The highest BCUT2D eigenvalue weighted by atomic mass is 19.3. The highest BCUT2D eigenvalue weighted by Gasteiger charge is 2.34. The van der Waals surface area contributed by atoms with E-state index in [9.17, 15) is 13.6 Å². The molecular formula is C22H30F2N6O2. The van der Waals surface area contributed by atoms with Gasteiger partial charge in [0.05, 0.1) is 5.69 Å². The number of nitrogens with one attached hydrogen (secondary N) is 2. The van der Waals surface area contributed by atoms with Gasteiger partial charge >= 0.3 is 6.61 Å². The van der Waals surface area contributed by atoms with Crippen molar-refractivity contribution >= 4 is 5.91 Å². The Morgan fingerprint density at radius 2 is 1.91 bits per heavy atom. The van der Waals surface area contributed by atoms with Gasteiger partial charge in [-0.05, 0) is 38.0 Å². The van der Waals surface area contributed by atoms with Gasteiger partial charge in [-0.25, -0.2) is 10.9 Å². The third-order valence-electron chi connectivity index (χ3n) is 6.16. The molecule has 0 radical (unpaired) electrons. The number of hydrogen-bond acceptors (Lipinski definition) is 6. The van der Waals surface area contributed by atoms with Gasteiger partial charge in [0.2, 0.25) is 5.91 Å². The summed E-state index contributed by atoms with van der Waals surface area (Å²) in [6.07, 6.45) is 2.71. The standard InChI is InChI=1S/C22H30F2N6O2/c1-3-30-14-17(15(2)27-30)13-28-8-10-29(11-9-28)21(31)20-12-19(25-26-20)16-4-6-18(7-5-16)32-22(23)24/h4-7,14,19-20,22,25-26H,3,8-13H2,1-2H3. The van der Waals surface area contributed by atoms with Gasteiger partial charge in [0, 0.05) is 57.1 Å². The summed E-state index contributed by atoms with van der Waals surface area (Å²) in [4.78, 5) is 17.3. The quantitative estimate of drug-likeness (QED) is 0.676. The third-order valence-corrected chi connectivity index (χ3v) is 6.16. The minimum atomic E-state index is -2.84. The first kappa shape index (κ1) is 22.6. The molecule has 2 aromatic rings. The van der Waals surface area contributed by atoms with Crippen molar-refractivity contribution in [2.75, 3.05) is 26.2 Å². The predicted octanol–water partition coefficient (Wildman–Crippen LogP) is 2.06. The Kier molecular flexibility index (Phi) is 7.02. The Bertz CT molecular complexity index is 912. The normalized spacial score (nSPS) is 22.0. The first-order valence-electron chi connectivity index (χ1n) is 11.0. The number of hydrazine groups is 1. The van der Waals surface area contributed by atoms with Crippen LogP contribution in [-0.4, -0.2) is 64.3 Å². The summed E-state index contributed by atoms with van der Waals surface area (Å²) in [5, 5.41) is 4.51. The summed E-state index contributed by atoms with van der Waals surface area (Å²) in [5.41, 5.74) is 9.47. The van der Waals surface area contributed by atoms with Crippen molar-refractivity contribution in [1.29, 1.82) is 0 Å². The number of amides is 1. The van der Waals surface area contributed by atoms with Gasteiger partial charge < -0.3 is 9.64 Å². The Hall–Kier alpha value is -2.56. The Balaban J connectivity index is 1.26. The van der Waals surface area contributed by atoms with Crippen LogP contribution in [0.25, 0.3) is 0 Å². The molecule has 0 bridgehead atoms. The SMILES string of the molecule is CCn1cc(CN2CCN(C(=O)C3CC(c4ccc(OC(F)F)cc4)NN3)CC2)c(C)n1. The van der Waals surface area contributed by atoms with Gasteiger partial charge in [0.1, 0.15) is 11.8 Å². The molecule has 1 aromatic heterocycles. The fourth-order valence-corrected chi connectivity index (χ4v) is 4.28. The number of aromatic nitrogens is 2. The predicted molar refractivity (Wildman–Crippen MR) is 115 cm³/mol. The summed E-state index contributed by atoms with van der Waals surface area (Å²) in [6, 6.07) is 6.14. The maximum absolute atomic E-state index is 13.0. The van der Waals surface area contributed by atoms with Gasteiger partial charge in [-0.15, -0.1) is 0 Å². The molecule has 2 unspecified atom stereocenters. The highest BCUT2D eigenvalue weighted by Crippen LogP contribution is 2.26. The van der Waals surface area contributed by atoms with Crippen LogP contribution in [-0.2, 0) is 17.9 Å². The monoisotopic (exact) mass is 448 g/mol. The number of carbonyl (C=O) groups is 1. The van der Waals surface area contributed by atoms with Crippen LogP contribution < -0.4 is 15.6 Å². The lowest BCUT2D eigenvalue weighted by Gasteiger charge is -2.35. The Morgan fingerprint density at radius 1 is 1.19 bits per heavy atom. The van der Waals surface area contributed by atoms with E-state index >= 15 is 0 Å². The van der Waals surface area contributed by atoms with E-state index in [2.05, 4.69) is 38.7 Å². The fourth-order valence-electron chi connectivity index (χ4n) is 4.28. The molecule has 2 aliphatic rings. The van der Waals surface area contributed by atoms with E-state index in [1.54, 1.807) is 12.1 Å². The van der Waals surface area contributed by atoms with Crippen LogP contribution in [0.1, 0.15) is 36.2 Å². The summed E-state index contributed by atoms with van der Waals surface area (Å²) < 4.78 is 31.0. The number of piperazine rings is 1. The van der Waals surface area contributed by atoms with Crippen molar-refractivity contribution in [3.8, 4) is 5.75 Å². The summed E-state index contributed by atoms with van der Waals surface area (Å²) >= 11 is 0. The van der Waals surface area contributed by atoms with Crippen LogP contribution in [0, 0.1) is 6.92 Å². The number of alkyl halides is 2. The number of carbonyl (C=O) groups excluding carboxylic acids is 1. The maximum atomic E-state index is 13.0. The topological polar surface area (TPSA) is 74.7 Å². The molecule has 0 aliphatic carbocycles. The van der Waals surface area contributed by atoms with Crippen molar-refractivity contribution < 1.29 is 18.3 Å². The minimum absolute atomic E-state index is 0.0658. The molecule has 0 spiro atoms. The molecule has 2 N–H and O–H groups in total. The number of aryl methyl sites for hydroxylation is 2. The molecule has 10 heteroatoms. The molecule has 32 heavy (non-hydrogen) atoms. The molecule has 2 aliphatic heterocycles. The first-order chi connectivity index (χ1) is 15.4.